The van der Waals surface area contributed by atoms with Crippen molar-refractivity contribution < 1.29 is 53.7 Å². The van der Waals surface area contributed by atoms with Gasteiger partial charge in [0, 0.05) is 36.6 Å². The summed E-state index contributed by atoms with van der Waals surface area (Å²) in [6.07, 6.45) is -0.173. The predicted octanol–water partition coefficient (Wildman–Crippen LogP) is 0.0496. The van der Waals surface area contributed by atoms with E-state index in [4.69, 9.17) is 9.47 Å². The van der Waals surface area contributed by atoms with Crippen molar-refractivity contribution in [3.05, 3.63) is 101 Å². The molecule has 162 valence electrons. The molecule has 0 aliphatic carbocycles. The molecular weight excluding hydrogens is 427 g/mol. The monoisotopic (exact) mass is 450 g/mol. The fourth-order valence-electron chi connectivity index (χ4n) is 3.04. The van der Waals surface area contributed by atoms with Gasteiger partial charge in [-0.15, -0.1) is 0 Å². The van der Waals surface area contributed by atoms with E-state index in [1.807, 2.05) is 42.5 Å². The number of carboxylic acid groups (broad SMARTS) is 1. The van der Waals surface area contributed by atoms with Crippen molar-refractivity contribution in [1.29, 1.82) is 0 Å². The van der Waals surface area contributed by atoms with E-state index in [0.717, 1.165) is 11.1 Å². The van der Waals surface area contributed by atoms with Gasteiger partial charge < -0.3 is 19.4 Å². The van der Waals surface area contributed by atoms with Crippen LogP contribution in [0.15, 0.2) is 78.9 Å². The number of carboxylic acids is 1. The van der Waals surface area contributed by atoms with Gasteiger partial charge >= 0.3 is 29.6 Å². The molecule has 0 bridgehead atoms. The van der Waals surface area contributed by atoms with Gasteiger partial charge in [-0.3, -0.25) is 4.79 Å². The van der Waals surface area contributed by atoms with Crippen LogP contribution in [0.1, 0.15) is 33.5 Å². The second-order valence-corrected chi connectivity index (χ2v) is 7.06. The topological polar surface area (TPSA) is 75.7 Å². The van der Waals surface area contributed by atoms with E-state index in [9.17, 15) is 14.7 Å². The Morgan fingerprint density at radius 1 is 0.909 bits per heavy atom. The molecule has 0 saturated carbocycles. The molecule has 0 aliphatic heterocycles. The fraction of sp³-hybridized carbons (Fsp3) is 0.185. The smallest absolute Gasteiger partial charge is 0.547 e. The average molecular weight is 450 g/mol. The Balaban J connectivity index is 0.00000385. The second kappa shape index (κ2) is 13.6. The molecule has 6 heteroatoms. The van der Waals surface area contributed by atoms with Gasteiger partial charge in [0.15, 0.2) is 5.78 Å². The number of rotatable bonds is 9. The summed E-state index contributed by atoms with van der Waals surface area (Å²) in [5.41, 5.74) is 2.94. The van der Waals surface area contributed by atoms with E-state index in [1.165, 1.54) is 7.11 Å². The van der Waals surface area contributed by atoms with Crippen molar-refractivity contribution in [2.75, 3.05) is 13.7 Å². The van der Waals surface area contributed by atoms with E-state index in [2.05, 4.69) is 11.8 Å². The van der Waals surface area contributed by atoms with Gasteiger partial charge in [-0.25, -0.2) is 0 Å². The quantitative estimate of drug-likeness (QED) is 0.199. The minimum atomic E-state index is -1.23. The van der Waals surface area contributed by atoms with Crippen LogP contribution in [-0.2, 0) is 16.0 Å². The number of hydrogen-bond acceptors (Lipinski definition) is 5. The van der Waals surface area contributed by atoms with Crippen molar-refractivity contribution in [2.24, 2.45) is 0 Å². The van der Waals surface area contributed by atoms with Crippen LogP contribution in [0.5, 0.6) is 5.75 Å². The van der Waals surface area contributed by atoms with Crippen molar-refractivity contribution in [1.82, 2.24) is 0 Å². The van der Waals surface area contributed by atoms with Crippen LogP contribution >= 0.6 is 0 Å². The third kappa shape index (κ3) is 8.20. The first-order chi connectivity index (χ1) is 15.6. The van der Waals surface area contributed by atoms with Gasteiger partial charge in [0.1, 0.15) is 11.9 Å². The fourth-order valence-corrected chi connectivity index (χ4v) is 3.04. The van der Waals surface area contributed by atoms with Crippen LogP contribution in [0.4, 0.5) is 0 Å². The van der Waals surface area contributed by atoms with Gasteiger partial charge in [0.2, 0.25) is 0 Å². The Morgan fingerprint density at radius 2 is 1.55 bits per heavy atom. The maximum atomic E-state index is 12.4. The Bertz CT molecular complexity index is 1100. The van der Waals surface area contributed by atoms with Gasteiger partial charge in [-0.1, -0.05) is 54.3 Å². The van der Waals surface area contributed by atoms with E-state index in [1.54, 1.807) is 36.4 Å². The molecule has 0 fully saturated rings. The zero-order valence-corrected chi connectivity index (χ0v) is 20.7. The molecule has 0 amide bonds. The Labute approximate surface area is 216 Å². The summed E-state index contributed by atoms with van der Waals surface area (Å²) in [7, 11) is 1.35. The maximum absolute atomic E-state index is 12.4. The average Bonchev–Trinajstić information content (AvgIpc) is 2.83. The van der Waals surface area contributed by atoms with Crippen LogP contribution in [-0.4, -0.2) is 31.6 Å². The van der Waals surface area contributed by atoms with Crippen molar-refractivity contribution >= 4 is 11.8 Å². The van der Waals surface area contributed by atoms with Crippen LogP contribution in [0.3, 0.4) is 0 Å². The molecule has 0 aromatic heterocycles. The predicted molar refractivity (Wildman–Crippen MR) is 119 cm³/mol. The SMILES string of the molecule is CO[C@@H](Cc1ccc(C#CCCOc2ccc(C(=O)c3ccccc3)cc2)cc1)C(=O)[O-].[Na+]. The normalized spacial score (nSPS) is 10.8. The number of hydrogen-bond donors (Lipinski definition) is 0. The number of carbonyl (C=O) groups excluding carboxylic acids is 2. The number of methoxy groups -OCH3 is 1. The summed E-state index contributed by atoms with van der Waals surface area (Å²) < 4.78 is 10.6. The first-order valence-corrected chi connectivity index (χ1v) is 10.2. The molecule has 3 aromatic rings. The third-order valence-electron chi connectivity index (χ3n) is 4.80. The van der Waals surface area contributed by atoms with Crippen molar-refractivity contribution in [3.8, 4) is 17.6 Å². The number of aliphatic carboxylic acids is 1. The standard InChI is InChI=1S/C27H24O5.Na/c1-31-25(27(29)30)19-21-12-10-20(11-13-21)7-5-6-18-32-24-16-14-23(15-17-24)26(28)22-8-3-2-4-9-22;/h2-4,8-17,25H,6,18-19H2,1H3,(H,29,30);/q;+1/p-1/t25-;/m0./s1. The Hall–Kier alpha value is -2.88. The van der Waals surface area contributed by atoms with Crippen LogP contribution in [0.25, 0.3) is 0 Å². The Morgan fingerprint density at radius 3 is 2.15 bits per heavy atom. The summed E-state index contributed by atoms with van der Waals surface area (Å²) in [5, 5.41) is 10.9. The zero-order valence-electron chi connectivity index (χ0n) is 18.7. The first-order valence-electron chi connectivity index (χ1n) is 10.2. The minimum Gasteiger partial charge on any atom is -0.547 e. The van der Waals surface area contributed by atoms with E-state index < -0.39 is 12.1 Å². The summed E-state index contributed by atoms with van der Waals surface area (Å²) in [6, 6.07) is 23.6. The minimum absolute atomic E-state index is 0. The summed E-state index contributed by atoms with van der Waals surface area (Å²) in [5.74, 6) is 5.54. The molecule has 3 aromatic carbocycles. The van der Waals surface area contributed by atoms with Crippen LogP contribution in [0.2, 0.25) is 0 Å². The third-order valence-corrected chi connectivity index (χ3v) is 4.80. The van der Waals surface area contributed by atoms with Gasteiger partial charge in [-0.2, -0.15) is 0 Å². The van der Waals surface area contributed by atoms with E-state index >= 15 is 0 Å². The summed E-state index contributed by atoms with van der Waals surface area (Å²) >= 11 is 0. The van der Waals surface area contributed by atoms with Crippen molar-refractivity contribution in [2.45, 2.75) is 18.9 Å². The van der Waals surface area contributed by atoms with E-state index in [-0.39, 0.29) is 41.8 Å². The van der Waals surface area contributed by atoms with Crippen molar-refractivity contribution in [3.63, 3.8) is 0 Å². The molecular formula is C27H23NaO5. The molecule has 0 radical (unpaired) electrons. The molecule has 0 saturated heterocycles. The van der Waals surface area contributed by atoms with Gasteiger partial charge in [0.05, 0.1) is 12.6 Å². The largest absolute Gasteiger partial charge is 1.00 e. The molecule has 0 aliphatic rings. The second-order valence-electron chi connectivity index (χ2n) is 7.06. The van der Waals surface area contributed by atoms with Gasteiger partial charge in [0.25, 0.3) is 0 Å². The zero-order chi connectivity index (χ0) is 22.8. The van der Waals surface area contributed by atoms with Gasteiger partial charge in [-0.05, 0) is 42.0 Å². The number of ketones is 1. The maximum Gasteiger partial charge on any atom is 1.00 e. The van der Waals surface area contributed by atoms with E-state index in [0.29, 0.717) is 29.9 Å². The number of ether oxygens (including phenoxy) is 2. The molecule has 0 N–H and O–H groups in total. The first kappa shape index (κ1) is 26.4. The van der Waals surface area contributed by atoms with Crippen LogP contribution in [0, 0.1) is 11.8 Å². The van der Waals surface area contributed by atoms with Crippen LogP contribution < -0.4 is 39.4 Å². The summed E-state index contributed by atoms with van der Waals surface area (Å²) in [4.78, 5) is 23.3. The molecule has 0 unspecified atom stereocenters. The Kier molecular flexibility index (Phi) is 10.9. The molecule has 0 spiro atoms. The molecule has 0 heterocycles. The molecule has 3 rings (SSSR count). The summed E-state index contributed by atoms with van der Waals surface area (Å²) in [6.45, 7) is 0.429. The number of benzene rings is 3. The molecule has 5 nitrogen and oxygen atoms in total. The molecule has 33 heavy (non-hydrogen) atoms. The molecule has 1 atom stereocenters. The number of carbonyl (C=O) groups is 2.